The zero-order valence-electron chi connectivity index (χ0n) is 31.0. The molecular formula is C46H50N4O. The molecule has 0 bridgehead atoms. The van der Waals surface area contributed by atoms with E-state index < -0.39 is 0 Å². The largest absolute Gasteiger partial charge is 0.457 e. The van der Waals surface area contributed by atoms with Crippen LogP contribution in [0.4, 0.5) is 0 Å². The van der Waals surface area contributed by atoms with E-state index in [0.29, 0.717) is 0 Å². The first-order valence-corrected chi connectivity index (χ1v) is 18.8. The predicted molar refractivity (Wildman–Crippen MR) is 213 cm³/mol. The number of pyridine rings is 1. The Labute approximate surface area is 302 Å². The summed E-state index contributed by atoms with van der Waals surface area (Å²) in [6.45, 7) is 13.4. The molecule has 0 aliphatic rings. The Hall–Kier alpha value is -5.16. The molecule has 7 rings (SSSR count). The first-order chi connectivity index (χ1) is 24.8. The molecule has 0 spiro atoms. The van der Waals surface area contributed by atoms with E-state index in [1.165, 1.54) is 64.4 Å². The van der Waals surface area contributed by atoms with Crippen molar-refractivity contribution in [1.82, 2.24) is 19.3 Å². The molecule has 0 saturated carbocycles. The van der Waals surface area contributed by atoms with Gasteiger partial charge in [0.25, 0.3) is 0 Å². The van der Waals surface area contributed by atoms with Crippen molar-refractivity contribution >= 4 is 21.8 Å². The second kappa shape index (κ2) is 14.6. The molecule has 0 amide bonds. The van der Waals surface area contributed by atoms with Gasteiger partial charge in [-0.2, -0.15) is 5.10 Å². The lowest BCUT2D eigenvalue weighted by Gasteiger charge is -2.20. The van der Waals surface area contributed by atoms with Crippen LogP contribution in [0, 0.1) is 0 Å². The standard InChI is InChI=1S/C46H50N4O/c1-7-10-11-13-17-32-22-25-42-39(28-32)38-24-23-37(31-43(38)49(42)44-29-34(26-27-47-44)46(4,5)6)51-36-21-16-20-35(30-36)50-41(9-3)45(40(8-2)48-50)33-18-14-12-15-19-33/h12,14-16,18-31H,7-11,13,17H2,1-6H3. The third kappa shape index (κ3) is 6.95. The van der Waals surface area contributed by atoms with Gasteiger partial charge in [-0.15, -0.1) is 0 Å². The van der Waals surface area contributed by atoms with Crippen LogP contribution in [-0.4, -0.2) is 19.3 Å². The van der Waals surface area contributed by atoms with Crippen LogP contribution in [0.25, 0.3) is 44.4 Å². The monoisotopic (exact) mass is 674 g/mol. The molecule has 260 valence electrons. The van der Waals surface area contributed by atoms with Gasteiger partial charge < -0.3 is 4.74 Å². The topological polar surface area (TPSA) is 44.9 Å². The minimum Gasteiger partial charge on any atom is -0.457 e. The summed E-state index contributed by atoms with van der Waals surface area (Å²) in [5.41, 5.74) is 10.6. The number of aromatic nitrogens is 4. The summed E-state index contributed by atoms with van der Waals surface area (Å²) in [4.78, 5) is 4.91. The van der Waals surface area contributed by atoms with E-state index in [1.807, 2.05) is 12.3 Å². The molecule has 0 N–H and O–H groups in total. The number of hydrogen-bond donors (Lipinski definition) is 0. The van der Waals surface area contributed by atoms with Gasteiger partial charge in [-0.3, -0.25) is 4.57 Å². The maximum Gasteiger partial charge on any atom is 0.137 e. The number of rotatable bonds is 12. The summed E-state index contributed by atoms with van der Waals surface area (Å²) in [5.74, 6) is 2.48. The van der Waals surface area contributed by atoms with Crippen LogP contribution in [-0.2, 0) is 24.7 Å². The molecular weight excluding hydrogens is 625 g/mol. The van der Waals surface area contributed by atoms with E-state index in [0.717, 1.165) is 59.0 Å². The molecule has 51 heavy (non-hydrogen) atoms. The lowest BCUT2D eigenvalue weighted by Crippen LogP contribution is -2.12. The lowest BCUT2D eigenvalue weighted by atomic mass is 9.88. The minimum atomic E-state index is 0.00731. The summed E-state index contributed by atoms with van der Waals surface area (Å²) < 4.78 is 11.1. The predicted octanol–water partition coefficient (Wildman–Crippen LogP) is 12.4. The smallest absolute Gasteiger partial charge is 0.137 e. The molecule has 3 heterocycles. The molecule has 4 aromatic carbocycles. The molecule has 0 atom stereocenters. The van der Waals surface area contributed by atoms with Gasteiger partial charge in [0.15, 0.2) is 0 Å². The molecule has 0 fully saturated rings. The quantitative estimate of drug-likeness (QED) is 0.121. The Morgan fingerprint density at radius 2 is 1.51 bits per heavy atom. The Bertz CT molecular complexity index is 2290. The molecule has 0 radical (unpaired) electrons. The molecule has 7 aromatic rings. The van der Waals surface area contributed by atoms with Crippen LogP contribution >= 0.6 is 0 Å². The Morgan fingerprint density at radius 3 is 2.27 bits per heavy atom. The van der Waals surface area contributed by atoms with Crippen LogP contribution in [0.2, 0.25) is 0 Å². The second-order valence-electron chi connectivity index (χ2n) is 14.7. The van der Waals surface area contributed by atoms with E-state index in [9.17, 15) is 0 Å². The molecule has 3 aromatic heterocycles. The zero-order valence-corrected chi connectivity index (χ0v) is 31.0. The van der Waals surface area contributed by atoms with Crippen molar-refractivity contribution in [2.45, 2.75) is 91.9 Å². The number of hydrogen-bond acceptors (Lipinski definition) is 3. The number of fused-ring (bicyclic) bond motifs is 3. The third-order valence-corrected chi connectivity index (χ3v) is 10.0. The maximum absolute atomic E-state index is 6.66. The van der Waals surface area contributed by atoms with E-state index in [-0.39, 0.29) is 5.41 Å². The third-order valence-electron chi connectivity index (χ3n) is 10.0. The second-order valence-corrected chi connectivity index (χ2v) is 14.7. The van der Waals surface area contributed by atoms with Gasteiger partial charge in [0.2, 0.25) is 0 Å². The fourth-order valence-electron chi connectivity index (χ4n) is 7.32. The molecule has 5 heteroatoms. The van der Waals surface area contributed by atoms with Crippen molar-refractivity contribution < 1.29 is 4.74 Å². The molecule has 0 saturated heterocycles. The van der Waals surface area contributed by atoms with Crippen LogP contribution in [0.3, 0.4) is 0 Å². The molecule has 0 aliphatic heterocycles. The average Bonchev–Trinajstić information content (AvgIpc) is 3.69. The Balaban J connectivity index is 1.29. The van der Waals surface area contributed by atoms with Crippen LogP contribution < -0.4 is 4.74 Å². The molecule has 5 nitrogen and oxygen atoms in total. The highest BCUT2D eigenvalue weighted by molar-refractivity contribution is 6.09. The van der Waals surface area contributed by atoms with Crippen LogP contribution in [0.15, 0.2) is 109 Å². The number of ether oxygens (including phenoxy) is 1. The van der Waals surface area contributed by atoms with Crippen molar-refractivity contribution in [3.63, 3.8) is 0 Å². The van der Waals surface area contributed by atoms with Gasteiger partial charge in [-0.1, -0.05) is 103 Å². The molecule has 0 aliphatic carbocycles. The summed E-state index contributed by atoms with van der Waals surface area (Å²) in [5, 5.41) is 7.57. The van der Waals surface area contributed by atoms with Gasteiger partial charge in [0, 0.05) is 34.7 Å². The first-order valence-electron chi connectivity index (χ1n) is 18.8. The van der Waals surface area contributed by atoms with E-state index >= 15 is 0 Å². The van der Waals surface area contributed by atoms with Crippen molar-refractivity contribution in [1.29, 1.82) is 0 Å². The van der Waals surface area contributed by atoms with Gasteiger partial charge in [0.05, 0.1) is 28.1 Å². The zero-order chi connectivity index (χ0) is 35.5. The maximum atomic E-state index is 6.66. The fraction of sp³-hybridized carbons (Fsp3) is 0.304. The van der Waals surface area contributed by atoms with Gasteiger partial charge in [-0.05, 0) is 96.3 Å². The van der Waals surface area contributed by atoms with Crippen LogP contribution in [0.5, 0.6) is 11.5 Å². The Kier molecular flexibility index (Phi) is 9.82. The summed E-state index contributed by atoms with van der Waals surface area (Å²) >= 11 is 0. The van der Waals surface area contributed by atoms with Crippen molar-refractivity contribution in [3.05, 3.63) is 132 Å². The number of aryl methyl sites for hydroxylation is 2. The van der Waals surface area contributed by atoms with E-state index in [2.05, 4.69) is 148 Å². The number of nitrogens with zero attached hydrogens (tertiary/aromatic N) is 4. The number of benzene rings is 4. The van der Waals surface area contributed by atoms with Gasteiger partial charge in [0.1, 0.15) is 17.3 Å². The van der Waals surface area contributed by atoms with Crippen LogP contribution in [0.1, 0.15) is 89.7 Å². The SMILES string of the molecule is CCCCCCc1ccc2c(c1)c1ccc(Oc3cccc(-n4nc(CC)c(-c5ccccc5)c4CC)c3)cc1n2-c1cc(C(C)(C)C)ccn1. The highest BCUT2D eigenvalue weighted by Gasteiger charge is 2.20. The van der Waals surface area contributed by atoms with Gasteiger partial charge in [-0.25, -0.2) is 9.67 Å². The molecule has 0 unspecified atom stereocenters. The van der Waals surface area contributed by atoms with E-state index in [4.69, 9.17) is 14.8 Å². The first kappa shape index (κ1) is 34.3. The van der Waals surface area contributed by atoms with E-state index in [1.54, 1.807) is 0 Å². The normalized spacial score (nSPS) is 11.9. The van der Waals surface area contributed by atoms with Crippen molar-refractivity contribution in [3.8, 4) is 34.1 Å². The summed E-state index contributed by atoms with van der Waals surface area (Å²) in [7, 11) is 0. The summed E-state index contributed by atoms with van der Waals surface area (Å²) in [6.07, 6.45) is 9.80. The summed E-state index contributed by atoms with van der Waals surface area (Å²) in [6, 6.07) is 36.7. The minimum absolute atomic E-state index is 0.00731. The number of unbranched alkanes of at least 4 members (excludes halogenated alkanes) is 3. The highest BCUT2D eigenvalue weighted by Crippen LogP contribution is 2.37. The Morgan fingerprint density at radius 1 is 0.686 bits per heavy atom. The fourth-order valence-corrected chi connectivity index (χ4v) is 7.32. The van der Waals surface area contributed by atoms with Gasteiger partial charge >= 0.3 is 0 Å². The lowest BCUT2D eigenvalue weighted by molar-refractivity contribution is 0.482. The average molecular weight is 675 g/mol. The highest BCUT2D eigenvalue weighted by atomic mass is 16.5. The van der Waals surface area contributed by atoms with Crippen molar-refractivity contribution in [2.75, 3.05) is 0 Å². The van der Waals surface area contributed by atoms with Crippen molar-refractivity contribution in [2.24, 2.45) is 0 Å².